The Labute approximate surface area is 155 Å². The van der Waals surface area contributed by atoms with Crippen molar-refractivity contribution in [2.45, 2.75) is 39.2 Å². The van der Waals surface area contributed by atoms with E-state index in [2.05, 4.69) is 43.3 Å². The van der Waals surface area contributed by atoms with Crippen molar-refractivity contribution in [3.05, 3.63) is 47.3 Å². The van der Waals surface area contributed by atoms with E-state index in [4.69, 9.17) is 0 Å². The molecule has 1 atom stereocenters. The molecule has 2 aromatic rings. The Balaban J connectivity index is 0.00000225. The van der Waals surface area contributed by atoms with Gasteiger partial charge in [0.25, 0.3) is 5.91 Å². The summed E-state index contributed by atoms with van der Waals surface area (Å²) in [7, 11) is 1.90. The van der Waals surface area contributed by atoms with Gasteiger partial charge in [-0.1, -0.05) is 31.5 Å². The molecule has 2 heterocycles. The van der Waals surface area contributed by atoms with Crippen LogP contribution in [0.3, 0.4) is 0 Å². The van der Waals surface area contributed by atoms with Crippen molar-refractivity contribution >= 4 is 18.3 Å². The van der Waals surface area contributed by atoms with Gasteiger partial charge in [0.1, 0.15) is 0 Å². The molecule has 1 unspecified atom stereocenters. The normalized spacial score (nSPS) is 16.8. The number of amides is 1. The van der Waals surface area contributed by atoms with Crippen LogP contribution in [0.4, 0.5) is 0 Å². The molecule has 0 saturated carbocycles. The quantitative estimate of drug-likeness (QED) is 0.908. The zero-order chi connectivity index (χ0) is 17.3. The molecule has 1 saturated heterocycles. The minimum Gasteiger partial charge on any atom is -0.337 e. The second-order valence-corrected chi connectivity index (χ2v) is 6.91. The van der Waals surface area contributed by atoms with E-state index in [0.29, 0.717) is 5.56 Å². The third-order valence-corrected chi connectivity index (χ3v) is 4.76. The Bertz CT molecular complexity index is 718. The summed E-state index contributed by atoms with van der Waals surface area (Å²) in [5.74, 6) is 0.272. The molecule has 1 aliphatic heterocycles. The minimum absolute atomic E-state index is 0. The van der Waals surface area contributed by atoms with E-state index in [0.717, 1.165) is 30.9 Å². The predicted octanol–water partition coefficient (Wildman–Crippen LogP) is 3.16. The van der Waals surface area contributed by atoms with E-state index < -0.39 is 0 Å². The molecule has 6 heteroatoms. The molecule has 0 aliphatic carbocycles. The highest BCUT2D eigenvalue weighted by atomic mass is 35.5. The van der Waals surface area contributed by atoms with Crippen molar-refractivity contribution in [2.75, 3.05) is 20.1 Å². The summed E-state index contributed by atoms with van der Waals surface area (Å²) < 4.78 is 1.90. The molecule has 3 rings (SSSR count). The van der Waals surface area contributed by atoms with E-state index in [9.17, 15) is 4.79 Å². The van der Waals surface area contributed by atoms with Crippen molar-refractivity contribution in [1.82, 2.24) is 20.0 Å². The first-order valence-corrected chi connectivity index (χ1v) is 8.62. The first-order chi connectivity index (χ1) is 11.5. The van der Waals surface area contributed by atoms with Gasteiger partial charge in [-0.3, -0.25) is 4.79 Å². The number of aromatic nitrogens is 2. The van der Waals surface area contributed by atoms with Crippen molar-refractivity contribution in [2.24, 2.45) is 0 Å². The number of carbonyl (C=O) groups excluding carboxylic acids is 1. The lowest BCUT2D eigenvalue weighted by atomic mass is 10.0. The Morgan fingerprint density at radius 1 is 1.32 bits per heavy atom. The molecule has 1 aromatic carbocycles. The highest BCUT2D eigenvalue weighted by Crippen LogP contribution is 2.25. The lowest BCUT2D eigenvalue weighted by Gasteiger charge is -2.24. The SMILES string of the molecule is Cc1ccc(-n2ncc(C(=O)N(C)C3CCNC3)c2C(C)C)cc1.Cl. The summed E-state index contributed by atoms with van der Waals surface area (Å²) in [6, 6.07) is 8.50. The first-order valence-electron chi connectivity index (χ1n) is 8.62. The maximum absolute atomic E-state index is 13.0. The highest BCUT2D eigenvalue weighted by Gasteiger charge is 2.28. The van der Waals surface area contributed by atoms with Gasteiger partial charge in [0, 0.05) is 19.6 Å². The average Bonchev–Trinajstić information content (AvgIpc) is 3.23. The number of carbonyl (C=O) groups is 1. The molecule has 1 amide bonds. The summed E-state index contributed by atoms with van der Waals surface area (Å²) in [6.45, 7) is 8.12. The van der Waals surface area contributed by atoms with E-state index in [1.165, 1.54) is 5.56 Å². The standard InChI is InChI=1S/C19H26N4O.ClH/c1-13(2)18-17(19(24)22(4)16-9-10-20-11-16)12-21-23(18)15-7-5-14(3)6-8-15;/h5-8,12-13,16,20H,9-11H2,1-4H3;1H. The molecule has 0 bridgehead atoms. The third kappa shape index (κ3) is 3.88. The average molecular weight is 363 g/mol. The van der Waals surface area contributed by atoms with Gasteiger partial charge < -0.3 is 10.2 Å². The van der Waals surface area contributed by atoms with Crippen molar-refractivity contribution in [3.8, 4) is 5.69 Å². The number of halogens is 1. The van der Waals surface area contributed by atoms with Crippen LogP contribution in [0.15, 0.2) is 30.5 Å². The Hall–Kier alpha value is -1.85. The smallest absolute Gasteiger partial charge is 0.257 e. The zero-order valence-electron chi connectivity index (χ0n) is 15.3. The van der Waals surface area contributed by atoms with Crippen LogP contribution in [-0.4, -0.2) is 46.8 Å². The van der Waals surface area contributed by atoms with Crippen LogP contribution < -0.4 is 5.32 Å². The van der Waals surface area contributed by atoms with Crippen molar-refractivity contribution in [3.63, 3.8) is 0 Å². The topological polar surface area (TPSA) is 50.2 Å². The fraction of sp³-hybridized carbons (Fsp3) is 0.474. The second kappa shape index (κ2) is 8.02. The van der Waals surface area contributed by atoms with E-state index in [-0.39, 0.29) is 30.3 Å². The van der Waals surface area contributed by atoms with Gasteiger partial charge in [-0.25, -0.2) is 4.68 Å². The van der Waals surface area contributed by atoms with Gasteiger partial charge >= 0.3 is 0 Å². The highest BCUT2D eigenvalue weighted by molar-refractivity contribution is 5.95. The number of nitrogens with zero attached hydrogens (tertiary/aromatic N) is 3. The Morgan fingerprint density at radius 2 is 2.00 bits per heavy atom. The Kier molecular flexibility index (Phi) is 6.25. The fourth-order valence-electron chi connectivity index (χ4n) is 3.30. The molecule has 136 valence electrons. The number of nitrogens with one attached hydrogen (secondary N) is 1. The van der Waals surface area contributed by atoms with Crippen molar-refractivity contribution < 1.29 is 4.79 Å². The second-order valence-electron chi connectivity index (χ2n) is 6.91. The molecule has 5 nitrogen and oxygen atoms in total. The first kappa shape index (κ1) is 19.5. The van der Waals surface area contributed by atoms with Gasteiger partial charge in [0.2, 0.25) is 0 Å². The maximum Gasteiger partial charge on any atom is 0.257 e. The zero-order valence-corrected chi connectivity index (χ0v) is 16.1. The number of likely N-dealkylation sites (N-methyl/N-ethyl adjacent to an activating group) is 1. The summed E-state index contributed by atoms with van der Waals surface area (Å²) >= 11 is 0. The van der Waals surface area contributed by atoms with Crippen LogP contribution in [0.2, 0.25) is 0 Å². The van der Waals surface area contributed by atoms with Crippen LogP contribution in [0.5, 0.6) is 0 Å². The summed E-state index contributed by atoms with van der Waals surface area (Å²) in [5.41, 5.74) is 3.89. The maximum atomic E-state index is 13.0. The number of benzene rings is 1. The van der Waals surface area contributed by atoms with Crippen molar-refractivity contribution in [1.29, 1.82) is 0 Å². The molecule has 1 aromatic heterocycles. The number of hydrogen-bond donors (Lipinski definition) is 1. The number of aryl methyl sites for hydroxylation is 1. The van der Waals surface area contributed by atoms with Gasteiger partial charge in [-0.2, -0.15) is 5.10 Å². The number of rotatable bonds is 4. The third-order valence-electron chi connectivity index (χ3n) is 4.76. The van der Waals surface area contributed by atoms with Crippen LogP contribution in [0.25, 0.3) is 5.69 Å². The lowest BCUT2D eigenvalue weighted by molar-refractivity contribution is 0.0742. The largest absolute Gasteiger partial charge is 0.337 e. The summed E-state index contributed by atoms with van der Waals surface area (Å²) in [4.78, 5) is 14.9. The van der Waals surface area contributed by atoms with Gasteiger partial charge in [-0.15, -0.1) is 12.4 Å². The Morgan fingerprint density at radius 3 is 2.56 bits per heavy atom. The molecule has 0 spiro atoms. The van der Waals surface area contributed by atoms with E-state index >= 15 is 0 Å². The molecular weight excluding hydrogens is 336 g/mol. The van der Waals surface area contributed by atoms with Crippen LogP contribution in [-0.2, 0) is 0 Å². The van der Waals surface area contributed by atoms with Crippen LogP contribution >= 0.6 is 12.4 Å². The minimum atomic E-state index is 0. The van der Waals surface area contributed by atoms with Crippen LogP contribution in [0.1, 0.15) is 47.8 Å². The molecule has 1 N–H and O–H groups in total. The lowest BCUT2D eigenvalue weighted by Crippen LogP contribution is -2.38. The molecule has 25 heavy (non-hydrogen) atoms. The van der Waals surface area contributed by atoms with E-state index in [1.54, 1.807) is 6.20 Å². The fourth-order valence-corrected chi connectivity index (χ4v) is 3.30. The predicted molar refractivity (Wildman–Crippen MR) is 103 cm³/mol. The van der Waals surface area contributed by atoms with Gasteiger partial charge in [-0.05, 0) is 37.9 Å². The summed E-state index contributed by atoms with van der Waals surface area (Å²) in [6.07, 6.45) is 2.72. The molecular formula is C19H27ClN4O. The molecule has 1 aliphatic rings. The van der Waals surface area contributed by atoms with E-state index in [1.807, 2.05) is 28.8 Å². The van der Waals surface area contributed by atoms with Gasteiger partial charge in [0.15, 0.2) is 0 Å². The van der Waals surface area contributed by atoms with Crippen LogP contribution in [0, 0.1) is 6.92 Å². The summed E-state index contributed by atoms with van der Waals surface area (Å²) in [5, 5.41) is 7.84. The number of hydrogen-bond acceptors (Lipinski definition) is 3. The monoisotopic (exact) mass is 362 g/mol. The molecule has 0 radical (unpaired) electrons. The van der Waals surface area contributed by atoms with Gasteiger partial charge in [0.05, 0.1) is 23.1 Å². The molecule has 1 fully saturated rings.